The predicted molar refractivity (Wildman–Crippen MR) is 153 cm³/mol. The van der Waals surface area contributed by atoms with Crippen LogP contribution in [0.3, 0.4) is 0 Å². The highest BCUT2D eigenvalue weighted by molar-refractivity contribution is 7.89. The average Bonchev–Trinajstić information content (AvgIpc) is 2.96. The minimum Gasteiger partial charge on any atom is -0.380 e. The molecule has 3 N–H and O–H groups in total. The van der Waals surface area contributed by atoms with E-state index in [9.17, 15) is 18.0 Å². The molecule has 210 valence electrons. The molecule has 1 aliphatic rings. The molecular formula is C30H34N4O5S. The van der Waals surface area contributed by atoms with Crippen LogP contribution in [-0.2, 0) is 30.9 Å². The maximum absolute atomic E-state index is 13.8. The van der Waals surface area contributed by atoms with Gasteiger partial charge in [0, 0.05) is 25.6 Å². The second kappa shape index (κ2) is 12.9. The summed E-state index contributed by atoms with van der Waals surface area (Å²) >= 11 is 0. The van der Waals surface area contributed by atoms with Crippen molar-refractivity contribution < 1.29 is 22.8 Å². The number of hydrogen-bond acceptors (Lipinski definition) is 6. The molecule has 3 aromatic rings. The first kappa shape index (κ1) is 29.0. The van der Waals surface area contributed by atoms with Crippen molar-refractivity contribution in [2.75, 3.05) is 13.1 Å². The molecule has 1 aliphatic heterocycles. The van der Waals surface area contributed by atoms with Gasteiger partial charge >= 0.3 is 5.97 Å². The Hall–Kier alpha value is -4.02. The number of amidine groups is 1. The van der Waals surface area contributed by atoms with E-state index >= 15 is 0 Å². The Morgan fingerprint density at radius 2 is 1.70 bits per heavy atom. The maximum atomic E-state index is 13.8. The number of sulfonamides is 1. The lowest BCUT2D eigenvalue weighted by atomic mass is 9.89. The number of rotatable bonds is 9. The fourth-order valence-electron chi connectivity index (χ4n) is 4.79. The fourth-order valence-corrected chi connectivity index (χ4v) is 5.98. The molecule has 10 heteroatoms. The van der Waals surface area contributed by atoms with E-state index in [4.69, 9.17) is 5.73 Å². The largest absolute Gasteiger partial charge is 0.380 e. The van der Waals surface area contributed by atoms with Crippen molar-refractivity contribution in [2.45, 2.75) is 50.0 Å². The summed E-state index contributed by atoms with van der Waals surface area (Å²) in [5.41, 5.74) is 9.28. The Balaban J connectivity index is 1.56. The van der Waals surface area contributed by atoms with Gasteiger partial charge in [-0.2, -0.15) is 4.72 Å². The topological polar surface area (TPSA) is 131 Å². The van der Waals surface area contributed by atoms with Crippen LogP contribution in [0.4, 0.5) is 0 Å². The summed E-state index contributed by atoms with van der Waals surface area (Å²) in [4.78, 5) is 31.4. The number of oxime groups is 1. The first-order chi connectivity index (χ1) is 19.1. The molecule has 1 atom stereocenters. The van der Waals surface area contributed by atoms with Crippen LogP contribution in [0.15, 0.2) is 88.9 Å². The summed E-state index contributed by atoms with van der Waals surface area (Å²) < 4.78 is 29.3. The molecule has 9 nitrogen and oxygen atoms in total. The molecule has 0 radical (unpaired) electrons. The third-order valence-corrected chi connectivity index (χ3v) is 8.43. The number of aryl methyl sites for hydroxylation is 1. The summed E-state index contributed by atoms with van der Waals surface area (Å²) in [6.45, 7) is 4.15. The van der Waals surface area contributed by atoms with E-state index in [0.29, 0.717) is 30.1 Å². The van der Waals surface area contributed by atoms with Crippen molar-refractivity contribution >= 4 is 27.7 Å². The summed E-state index contributed by atoms with van der Waals surface area (Å²) in [5.74, 6) is -0.548. The van der Waals surface area contributed by atoms with E-state index in [1.54, 1.807) is 41.3 Å². The molecule has 0 saturated carbocycles. The van der Waals surface area contributed by atoms with Gasteiger partial charge < -0.3 is 15.5 Å². The van der Waals surface area contributed by atoms with Gasteiger partial charge in [-0.05, 0) is 61.4 Å². The minimum absolute atomic E-state index is 0.0110. The Morgan fingerprint density at radius 3 is 2.35 bits per heavy atom. The van der Waals surface area contributed by atoms with E-state index in [-0.39, 0.29) is 23.1 Å². The van der Waals surface area contributed by atoms with Crippen molar-refractivity contribution in [2.24, 2.45) is 10.9 Å². The summed E-state index contributed by atoms with van der Waals surface area (Å²) in [7, 11) is -3.98. The second-order valence-electron chi connectivity index (χ2n) is 9.96. The van der Waals surface area contributed by atoms with Gasteiger partial charge in [0.15, 0.2) is 5.84 Å². The smallest absolute Gasteiger partial charge is 0.332 e. The third kappa shape index (κ3) is 7.55. The zero-order valence-electron chi connectivity index (χ0n) is 22.6. The number of benzene rings is 3. The van der Waals surface area contributed by atoms with Crippen LogP contribution < -0.4 is 10.5 Å². The lowest BCUT2D eigenvalue weighted by Crippen LogP contribution is -2.51. The van der Waals surface area contributed by atoms with Crippen LogP contribution >= 0.6 is 0 Å². The quantitative estimate of drug-likeness (QED) is 0.178. The molecule has 1 fully saturated rings. The van der Waals surface area contributed by atoms with Crippen LogP contribution in [0, 0.1) is 6.92 Å². The Morgan fingerprint density at radius 1 is 1.02 bits per heavy atom. The molecule has 1 amide bonds. The van der Waals surface area contributed by atoms with Crippen molar-refractivity contribution in [1.29, 1.82) is 0 Å². The number of carbonyl (C=O) groups excluding carboxylic acids is 2. The summed E-state index contributed by atoms with van der Waals surface area (Å²) in [5, 5.41) is 3.62. The molecule has 0 bridgehead atoms. The maximum Gasteiger partial charge on any atom is 0.332 e. The van der Waals surface area contributed by atoms with Gasteiger partial charge in [0.05, 0.1) is 4.90 Å². The van der Waals surface area contributed by atoms with Gasteiger partial charge in [-0.15, -0.1) is 0 Å². The molecule has 0 spiro atoms. The van der Waals surface area contributed by atoms with E-state index < -0.39 is 22.0 Å². The van der Waals surface area contributed by atoms with Crippen LogP contribution in [0.1, 0.15) is 47.9 Å². The normalized spacial score (nSPS) is 15.4. The number of nitrogens with zero attached hydrogens (tertiary/aromatic N) is 2. The SMILES string of the molecule is CC(=O)ON=C(N)c1cccc(CC(NS(=O)(=O)c2ccc(C)cc2)C(=O)N2CCC(c3ccccc3)CC2)c1. The standard InChI is InChI=1S/C30H34N4O5S/c1-21-11-13-27(14-12-21)40(37,38)33-28(20-23-7-6-10-26(19-23)29(31)32-39-22(2)35)30(36)34-17-15-25(16-18-34)24-8-4-3-5-9-24/h3-14,19,25,28,33H,15-18,20H2,1-2H3,(H2,31,32). The highest BCUT2D eigenvalue weighted by Gasteiger charge is 2.32. The van der Waals surface area contributed by atoms with Crippen molar-refractivity contribution in [3.8, 4) is 0 Å². The van der Waals surface area contributed by atoms with E-state index in [0.717, 1.165) is 18.4 Å². The first-order valence-electron chi connectivity index (χ1n) is 13.2. The van der Waals surface area contributed by atoms with E-state index in [1.165, 1.54) is 24.6 Å². The molecular weight excluding hydrogens is 528 g/mol. The van der Waals surface area contributed by atoms with Crippen LogP contribution in [0.25, 0.3) is 0 Å². The molecule has 1 unspecified atom stereocenters. The van der Waals surface area contributed by atoms with E-state index in [2.05, 4.69) is 26.8 Å². The summed E-state index contributed by atoms with van der Waals surface area (Å²) in [6, 6.07) is 22.6. The van der Waals surface area contributed by atoms with Gasteiger partial charge in [-0.1, -0.05) is 71.4 Å². The number of amides is 1. The van der Waals surface area contributed by atoms with Gasteiger partial charge in [0.1, 0.15) is 6.04 Å². The van der Waals surface area contributed by atoms with Crippen molar-refractivity contribution in [1.82, 2.24) is 9.62 Å². The number of hydrogen-bond donors (Lipinski definition) is 2. The van der Waals surface area contributed by atoms with E-state index in [1.807, 2.05) is 25.1 Å². The fraction of sp³-hybridized carbons (Fsp3) is 0.300. The molecule has 40 heavy (non-hydrogen) atoms. The Kier molecular flexibility index (Phi) is 9.34. The average molecular weight is 563 g/mol. The Labute approximate surface area is 235 Å². The zero-order chi connectivity index (χ0) is 28.7. The van der Waals surface area contributed by atoms with Crippen LogP contribution in [-0.4, -0.2) is 50.2 Å². The molecule has 0 aliphatic carbocycles. The molecule has 1 heterocycles. The third-order valence-electron chi connectivity index (χ3n) is 6.94. The summed E-state index contributed by atoms with van der Waals surface area (Å²) in [6.07, 6.45) is 1.69. The molecule has 1 saturated heterocycles. The molecule has 3 aromatic carbocycles. The van der Waals surface area contributed by atoms with Gasteiger partial charge in [0.25, 0.3) is 0 Å². The van der Waals surface area contributed by atoms with Gasteiger partial charge in [-0.3, -0.25) is 4.79 Å². The number of nitrogens with two attached hydrogens (primary N) is 1. The number of carbonyl (C=O) groups is 2. The highest BCUT2D eigenvalue weighted by Crippen LogP contribution is 2.28. The number of piperidine rings is 1. The molecule has 4 rings (SSSR count). The van der Waals surface area contributed by atoms with Gasteiger partial charge in [-0.25, -0.2) is 13.2 Å². The van der Waals surface area contributed by atoms with Gasteiger partial charge in [0.2, 0.25) is 15.9 Å². The van der Waals surface area contributed by atoms with Crippen LogP contribution in [0.2, 0.25) is 0 Å². The number of likely N-dealkylation sites (tertiary alicyclic amines) is 1. The van der Waals surface area contributed by atoms with Crippen molar-refractivity contribution in [3.63, 3.8) is 0 Å². The monoisotopic (exact) mass is 562 g/mol. The first-order valence-corrected chi connectivity index (χ1v) is 14.6. The lowest BCUT2D eigenvalue weighted by Gasteiger charge is -2.34. The van der Waals surface area contributed by atoms with Crippen LogP contribution in [0.5, 0.6) is 0 Å². The highest BCUT2D eigenvalue weighted by atomic mass is 32.2. The lowest BCUT2D eigenvalue weighted by molar-refractivity contribution is -0.141. The molecule has 0 aromatic heterocycles. The predicted octanol–water partition coefficient (Wildman–Crippen LogP) is 3.47. The second-order valence-corrected chi connectivity index (χ2v) is 11.7. The van der Waals surface area contributed by atoms with Crippen molar-refractivity contribution in [3.05, 3.63) is 101 Å². The number of nitrogens with one attached hydrogen (secondary N) is 1. The zero-order valence-corrected chi connectivity index (χ0v) is 23.4. The Bertz CT molecular complexity index is 1470. The minimum atomic E-state index is -3.98.